The van der Waals surface area contributed by atoms with E-state index in [2.05, 4.69) is 49.1 Å². The van der Waals surface area contributed by atoms with Crippen molar-refractivity contribution in [3.8, 4) is 5.75 Å². The van der Waals surface area contributed by atoms with E-state index in [9.17, 15) is 18.7 Å². The maximum absolute atomic E-state index is 14.5. The van der Waals surface area contributed by atoms with Crippen LogP contribution in [0.25, 0.3) is 10.9 Å². The second-order valence-electron chi connectivity index (χ2n) is 11.6. The molecule has 3 heterocycles. The Balaban J connectivity index is 0.00000124. The lowest BCUT2D eigenvalue weighted by molar-refractivity contribution is -0.0736. The normalized spacial score (nSPS) is 20.1. The van der Waals surface area contributed by atoms with Gasteiger partial charge < -0.3 is 15.3 Å². The van der Waals surface area contributed by atoms with E-state index in [4.69, 9.17) is 4.98 Å². The molecular formula is C32H45F2N5O2. The van der Waals surface area contributed by atoms with Gasteiger partial charge in [0.2, 0.25) is 0 Å². The van der Waals surface area contributed by atoms with Crippen molar-refractivity contribution in [2.45, 2.75) is 70.9 Å². The first kappa shape index (κ1) is 30.9. The number of aromatic nitrogens is 2. The van der Waals surface area contributed by atoms with E-state index in [-0.39, 0.29) is 29.8 Å². The number of alkyl halides is 2. The molecule has 2 aliphatic heterocycles. The highest BCUT2D eigenvalue weighted by Crippen LogP contribution is 2.40. The van der Waals surface area contributed by atoms with Crippen LogP contribution in [-0.2, 0) is 18.5 Å². The van der Waals surface area contributed by atoms with E-state index in [0.29, 0.717) is 36.2 Å². The highest BCUT2D eigenvalue weighted by Gasteiger charge is 2.42. The molecule has 0 aliphatic carbocycles. The minimum Gasteiger partial charge on any atom is -0.508 e. The predicted octanol–water partition coefficient (Wildman–Crippen LogP) is 5.38. The number of rotatable bonds is 6. The maximum Gasteiger partial charge on any atom is 0.263 e. The summed E-state index contributed by atoms with van der Waals surface area (Å²) in [5.74, 6) is -2.95. The number of benzene rings is 2. The Hall–Kier alpha value is -3.04. The molecule has 5 rings (SSSR count). The first-order valence-electron chi connectivity index (χ1n) is 14.9. The van der Waals surface area contributed by atoms with Gasteiger partial charge in [0.05, 0.1) is 17.4 Å². The van der Waals surface area contributed by atoms with Crippen molar-refractivity contribution in [2.24, 2.45) is 5.92 Å². The third-order valence-electron chi connectivity index (χ3n) is 8.58. The minimum atomic E-state index is -2.82. The first-order chi connectivity index (χ1) is 19.6. The number of hydrogen-bond donors (Lipinski definition) is 2. The second-order valence-corrected chi connectivity index (χ2v) is 11.6. The summed E-state index contributed by atoms with van der Waals surface area (Å²) in [5.41, 5.74) is 2.25. The van der Waals surface area contributed by atoms with E-state index < -0.39 is 11.8 Å². The maximum atomic E-state index is 14.5. The number of hydrogen-bond acceptors (Lipinski definition) is 6. The molecule has 2 N–H and O–H groups in total. The smallest absolute Gasteiger partial charge is 0.263 e. The molecule has 9 heteroatoms. The van der Waals surface area contributed by atoms with Crippen LogP contribution < -0.4 is 15.8 Å². The Labute approximate surface area is 242 Å². The van der Waals surface area contributed by atoms with Crippen LogP contribution in [0, 0.1) is 5.92 Å². The van der Waals surface area contributed by atoms with Crippen LogP contribution in [0.2, 0.25) is 0 Å². The van der Waals surface area contributed by atoms with E-state index in [0.717, 1.165) is 37.2 Å². The van der Waals surface area contributed by atoms with Crippen LogP contribution in [0.5, 0.6) is 5.75 Å². The Morgan fingerprint density at radius 2 is 1.80 bits per heavy atom. The number of phenols is 1. The number of fused-ring (bicyclic) bond motifs is 1. The third kappa shape index (κ3) is 6.41. The molecule has 0 saturated carbocycles. The number of phenolic OH excluding ortho intramolecular Hbond substituents is 1. The molecule has 1 aromatic heterocycles. The molecule has 3 aromatic rings. The van der Waals surface area contributed by atoms with Gasteiger partial charge in [-0.3, -0.25) is 14.3 Å². The number of nitrogens with zero attached hydrogens (tertiary/aromatic N) is 4. The van der Waals surface area contributed by atoms with Crippen molar-refractivity contribution in [1.29, 1.82) is 0 Å². The van der Waals surface area contributed by atoms with Gasteiger partial charge in [0.25, 0.3) is 11.5 Å². The van der Waals surface area contributed by atoms with Crippen LogP contribution >= 0.6 is 0 Å². The largest absolute Gasteiger partial charge is 0.508 e. The molecule has 0 radical (unpaired) electrons. The lowest BCUT2D eigenvalue weighted by Crippen LogP contribution is -2.50. The topological polar surface area (TPSA) is 73.6 Å². The van der Waals surface area contributed by atoms with Crippen LogP contribution in [0.1, 0.15) is 57.8 Å². The van der Waals surface area contributed by atoms with Crippen molar-refractivity contribution in [3.05, 3.63) is 64.2 Å². The molecule has 2 saturated heterocycles. The average Bonchev–Trinajstić information content (AvgIpc) is 2.94. The van der Waals surface area contributed by atoms with Crippen molar-refractivity contribution in [3.63, 3.8) is 0 Å². The summed E-state index contributed by atoms with van der Waals surface area (Å²) in [4.78, 5) is 22.7. The Morgan fingerprint density at radius 3 is 2.41 bits per heavy atom. The zero-order valence-corrected chi connectivity index (χ0v) is 25.1. The lowest BCUT2D eigenvalue weighted by Gasteiger charge is -2.47. The Morgan fingerprint density at radius 1 is 1.10 bits per heavy atom. The molecule has 224 valence electrons. The van der Waals surface area contributed by atoms with Crippen molar-refractivity contribution in [2.75, 3.05) is 45.2 Å². The highest BCUT2D eigenvalue weighted by atomic mass is 19.3. The molecule has 1 atom stereocenters. The van der Waals surface area contributed by atoms with E-state index in [1.54, 1.807) is 10.6 Å². The third-order valence-corrected chi connectivity index (χ3v) is 8.58. The second kappa shape index (κ2) is 12.9. The SMILES string of the molecule is CCC.CCn1c(CC2CCNCC2(F)F)nc2ccc(N3CCC(c4cccc(O)c4)(N(C)C)CC3)cc2c1=O. The molecule has 1 unspecified atom stereocenters. The first-order valence-corrected chi connectivity index (χ1v) is 14.9. The summed E-state index contributed by atoms with van der Waals surface area (Å²) in [5, 5.41) is 13.3. The van der Waals surface area contributed by atoms with Gasteiger partial charge >= 0.3 is 0 Å². The predicted molar refractivity (Wildman–Crippen MR) is 162 cm³/mol. The number of aromatic hydroxyl groups is 1. The molecule has 2 aliphatic rings. The van der Waals surface area contributed by atoms with Gasteiger partial charge in [-0.25, -0.2) is 13.8 Å². The Kier molecular flexibility index (Phi) is 9.70. The number of nitrogens with one attached hydrogen (secondary N) is 1. The van der Waals surface area contributed by atoms with Crippen LogP contribution in [0.15, 0.2) is 47.3 Å². The molecule has 7 nitrogen and oxygen atoms in total. The quantitative estimate of drug-likeness (QED) is 0.415. The zero-order chi connectivity index (χ0) is 29.8. The minimum absolute atomic E-state index is 0.0865. The van der Waals surface area contributed by atoms with Crippen molar-refractivity contribution < 1.29 is 13.9 Å². The van der Waals surface area contributed by atoms with E-state index in [1.165, 1.54) is 6.42 Å². The molecule has 0 spiro atoms. The summed E-state index contributed by atoms with van der Waals surface area (Å²) in [6, 6.07) is 13.2. The van der Waals surface area contributed by atoms with E-state index in [1.807, 2.05) is 37.3 Å². The number of piperidine rings is 2. The van der Waals surface area contributed by atoms with Crippen molar-refractivity contribution >= 4 is 16.6 Å². The van der Waals surface area contributed by atoms with Gasteiger partial charge in [0.15, 0.2) is 0 Å². The molecule has 2 fully saturated rings. The van der Waals surface area contributed by atoms with Crippen LogP contribution in [0.4, 0.5) is 14.5 Å². The molecule has 0 amide bonds. The number of anilines is 1. The standard InChI is InChI=1S/C29H37F2N5O2.C3H8/c1-4-36-26(17-21-10-13-32-19-29(21,30)31)33-25-9-8-22(18-24(25)27(36)38)35-14-11-28(12-15-35,34(2)3)20-6-5-7-23(37)16-20;1-3-2/h5-9,16,18,21,32,37H,4,10-15,17,19H2,1-3H3;3H2,1-2H3. The number of halogens is 2. The summed E-state index contributed by atoms with van der Waals surface area (Å²) < 4.78 is 30.5. The fourth-order valence-corrected chi connectivity index (χ4v) is 6.22. The Bertz CT molecular complexity index is 1380. The molecule has 41 heavy (non-hydrogen) atoms. The average molecular weight is 570 g/mol. The molecular weight excluding hydrogens is 524 g/mol. The molecule has 0 bridgehead atoms. The van der Waals surface area contributed by atoms with Gasteiger partial charge in [-0.2, -0.15) is 0 Å². The lowest BCUT2D eigenvalue weighted by atomic mass is 9.79. The van der Waals surface area contributed by atoms with Gasteiger partial charge in [0.1, 0.15) is 11.6 Å². The summed E-state index contributed by atoms with van der Waals surface area (Å²) in [7, 11) is 4.15. The fraction of sp³-hybridized carbons (Fsp3) is 0.562. The monoisotopic (exact) mass is 569 g/mol. The fourth-order valence-electron chi connectivity index (χ4n) is 6.22. The summed E-state index contributed by atoms with van der Waals surface area (Å²) in [6.45, 7) is 8.28. The highest BCUT2D eigenvalue weighted by molar-refractivity contribution is 5.82. The van der Waals surface area contributed by atoms with Gasteiger partial charge in [-0.1, -0.05) is 32.4 Å². The summed E-state index contributed by atoms with van der Waals surface area (Å²) >= 11 is 0. The zero-order valence-electron chi connectivity index (χ0n) is 25.1. The molecule has 2 aromatic carbocycles. The van der Waals surface area contributed by atoms with Crippen molar-refractivity contribution in [1.82, 2.24) is 19.8 Å². The van der Waals surface area contributed by atoms with Gasteiger partial charge in [-0.15, -0.1) is 0 Å². The van der Waals surface area contributed by atoms with Crippen LogP contribution in [-0.4, -0.2) is 65.8 Å². The van der Waals surface area contributed by atoms with E-state index >= 15 is 0 Å². The van der Waals surface area contributed by atoms with Crippen LogP contribution in [0.3, 0.4) is 0 Å². The summed E-state index contributed by atoms with van der Waals surface area (Å²) in [6.07, 6.45) is 3.42. The van der Waals surface area contributed by atoms with Gasteiger partial charge in [0, 0.05) is 43.2 Å². The van der Waals surface area contributed by atoms with Gasteiger partial charge in [-0.05, 0) is 82.7 Å².